The number of hydrogen-bond acceptors (Lipinski definition) is 3. The third-order valence-electron chi connectivity index (χ3n) is 2.06. The van der Waals surface area contributed by atoms with Gasteiger partial charge in [-0.15, -0.1) is 0 Å². The number of alkyl halides is 3. The zero-order chi connectivity index (χ0) is 12.5. The van der Waals surface area contributed by atoms with Crippen LogP contribution >= 0.6 is 0 Å². The number of halogens is 3. The zero-order valence-electron chi connectivity index (χ0n) is 8.31. The molecule has 0 spiro atoms. The Hall–Kier alpha value is -2.36. The first-order valence-electron chi connectivity index (χ1n) is 4.49. The first kappa shape index (κ1) is 11.1. The van der Waals surface area contributed by atoms with Crippen LogP contribution in [0.3, 0.4) is 0 Å². The molecule has 0 radical (unpaired) electrons. The van der Waals surface area contributed by atoms with Gasteiger partial charge in [0.2, 0.25) is 5.82 Å². The lowest BCUT2D eigenvalue weighted by Crippen LogP contribution is -2.07. The molecule has 0 N–H and O–H groups in total. The summed E-state index contributed by atoms with van der Waals surface area (Å²) >= 11 is 0. The van der Waals surface area contributed by atoms with Crippen molar-refractivity contribution in [3.63, 3.8) is 0 Å². The van der Waals surface area contributed by atoms with Gasteiger partial charge in [-0.2, -0.15) is 18.4 Å². The molecular formula is C10H5F3N4. The lowest BCUT2D eigenvalue weighted by Gasteiger charge is -2.07. The summed E-state index contributed by atoms with van der Waals surface area (Å²) in [7, 11) is 0. The van der Waals surface area contributed by atoms with Crippen molar-refractivity contribution in [2.45, 2.75) is 6.18 Å². The predicted octanol–water partition coefficient (Wildman–Crippen LogP) is 2.16. The van der Waals surface area contributed by atoms with Crippen LogP contribution in [0, 0.1) is 11.3 Å². The monoisotopic (exact) mass is 238 g/mol. The molecule has 0 saturated carbocycles. The van der Waals surface area contributed by atoms with E-state index >= 15 is 0 Å². The van der Waals surface area contributed by atoms with Crippen LogP contribution in [0.4, 0.5) is 13.2 Å². The van der Waals surface area contributed by atoms with Gasteiger partial charge < -0.3 is 0 Å². The summed E-state index contributed by atoms with van der Waals surface area (Å²) in [5.74, 6) is 0.282. The topological polar surface area (TPSA) is 54.5 Å². The molecule has 0 amide bonds. The van der Waals surface area contributed by atoms with E-state index < -0.39 is 11.7 Å². The van der Waals surface area contributed by atoms with E-state index in [0.717, 1.165) is 12.3 Å². The van der Waals surface area contributed by atoms with Gasteiger partial charge in [0.05, 0.1) is 5.56 Å². The normalized spacial score (nSPS) is 11.2. The van der Waals surface area contributed by atoms with Crippen LogP contribution < -0.4 is 0 Å². The summed E-state index contributed by atoms with van der Waals surface area (Å²) in [6, 6.07) is 3.90. The third-order valence-corrected chi connectivity index (χ3v) is 2.06. The van der Waals surface area contributed by atoms with Crippen LogP contribution in [0.25, 0.3) is 5.82 Å². The van der Waals surface area contributed by atoms with Gasteiger partial charge in [0.15, 0.2) is 0 Å². The predicted molar refractivity (Wildman–Crippen MR) is 51.1 cm³/mol. The highest BCUT2D eigenvalue weighted by atomic mass is 19.4. The molecule has 2 aromatic rings. The molecule has 2 aromatic heterocycles. The molecule has 17 heavy (non-hydrogen) atoms. The number of imidazole rings is 1. The Morgan fingerprint density at radius 2 is 2.00 bits per heavy atom. The minimum Gasteiger partial charge on any atom is -0.275 e. The molecule has 0 aromatic carbocycles. The molecule has 86 valence electrons. The van der Waals surface area contributed by atoms with Crippen molar-refractivity contribution in [1.29, 1.82) is 5.26 Å². The molecule has 0 saturated heterocycles. The Morgan fingerprint density at radius 3 is 2.53 bits per heavy atom. The van der Waals surface area contributed by atoms with Gasteiger partial charge in [0, 0.05) is 18.6 Å². The summed E-state index contributed by atoms with van der Waals surface area (Å²) in [5, 5.41) is 8.71. The zero-order valence-corrected chi connectivity index (χ0v) is 8.31. The van der Waals surface area contributed by atoms with Crippen LogP contribution in [-0.2, 0) is 6.18 Å². The van der Waals surface area contributed by atoms with Crippen molar-refractivity contribution >= 4 is 0 Å². The van der Waals surface area contributed by atoms with Gasteiger partial charge in [0.25, 0.3) is 0 Å². The first-order valence-corrected chi connectivity index (χ1v) is 4.49. The van der Waals surface area contributed by atoms with Crippen LogP contribution in [0.2, 0.25) is 0 Å². The summed E-state index contributed by atoms with van der Waals surface area (Å²) in [5.41, 5.74) is -0.833. The highest BCUT2D eigenvalue weighted by Crippen LogP contribution is 2.28. The summed E-state index contributed by atoms with van der Waals surface area (Å²) in [6.07, 6.45) is -0.874. The van der Waals surface area contributed by atoms with E-state index in [1.54, 1.807) is 0 Å². The largest absolute Gasteiger partial charge is 0.417 e. The molecule has 0 aliphatic heterocycles. The van der Waals surface area contributed by atoms with Crippen molar-refractivity contribution in [2.24, 2.45) is 0 Å². The molecule has 7 heteroatoms. The van der Waals surface area contributed by atoms with Crippen molar-refractivity contribution in [3.05, 3.63) is 42.1 Å². The second-order valence-electron chi connectivity index (χ2n) is 3.14. The van der Waals surface area contributed by atoms with Crippen molar-refractivity contribution in [2.75, 3.05) is 0 Å². The fraction of sp³-hybridized carbons (Fsp3) is 0.100. The number of nitriles is 1. The number of pyridine rings is 1. The molecule has 0 fully saturated rings. The quantitative estimate of drug-likeness (QED) is 0.764. The standard InChI is InChI=1S/C10H5F3N4/c11-10(12,13)7-1-2-8(16-6-7)17-4-3-15-9(17)5-14/h1-4,6H. The van der Waals surface area contributed by atoms with E-state index in [4.69, 9.17) is 5.26 Å². The molecular weight excluding hydrogens is 233 g/mol. The highest BCUT2D eigenvalue weighted by Gasteiger charge is 2.30. The minimum absolute atomic E-state index is 0.0669. The van der Waals surface area contributed by atoms with E-state index in [1.807, 2.05) is 6.07 Å². The number of rotatable bonds is 1. The van der Waals surface area contributed by atoms with Crippen LogP contribution in [0.5, 0.6) is 0 Å². The molecule has 4 nitrogen and oxygen atoms in total. The second-order valence-corrected chi connectivity index (χ2v) is 3.14. The molecule has 0 atom stereocenters. The fourth-order valence-electron chi connectivity index (χ4n) is 1.27. The van der Waals surface area contributed by atoms with Gasteiger partial charge in [-0.3, -0.25) is 4.57 Å². The Balaban J connectivity index is 2.40. The number of hydrogen-bond donors (Lipinski definition) is 0. The minimum atomic E-state index is -4.42. The molecule has 2 heterocycles. The van der Waals surface area contributed by atoms with Crippen LogP contribution in [0.15, 0.2) is 30.7 Å². The van der Waals surface area contributed by atoms with E-state index in [0.29, 0.717) is 0 Å². The van der Waals surface area contributed by atoms with Gasteiger partial charge in [-0.05, 0) is 12.1 Å². The maximum Gasteiger partial charge on any atom is 0.417 e. The lowest BCUT2D eigenvalue weighted by atomic mass is 10.3. The van der Waals surface area contributed by atoms with E-state index in [2.05, 4.69) is 9.97 Å². The number of nitrogens with zero attached hydrogens (tertiary/aromatic N) is 4. The maximum absolute atomic E-state index is 12.3. The van der Waals surface area contributed by atoms with Crippen LogP contribution in [0.1, 0.15) is 11.4 Å². The van der Waals surface area contributed by atoms with E-state index in [-0.39, 0.29) is 11.6 Å². The maximum atomic E-state index is 12.3. The average Bonchev–Trinajstić information content (AvgIpc) is 2.76. The third kappa shape index (κ3) is 2.10. The van der Waals surface area contributed by atoms with E-state index in [9.17, 15) is 13.2 Å². The van der Waals surface area contributed by atoms with Crippen molar-refractivity contribution < 1.29 is 13.2 Å². The van der Waals surface area contributed by atoms with E-state index in [1.165, 1.54) is 23.0 Å². The Bertz CT molecular complexity index is 562. The van der Waals surface area contributed by atoms with Gasteiger partial charge >= 0.3 is 6.18 Å². The summed E-state index contributed by atoms with van der Waals surface area (Å²) in [4.78, 5) is 7.37. The molecule has 0 aliphatic rings. The summed E-state index contributed by atoms with van der Waals surface area (Å²) < 4.78 is 38.2. The van der Waals surface area contributed by atoms with Gasteiger partial charge in [-0.25, -0.2) is 9.97 Å². The fourth-order valence-corrected chi connectivity index (χ4v) is 1.27. The SMILES string of the molecule is N#Cc1nccn1-c1ccc(C(F)(F)F)cn1. The summed E-state index contributed by atoms with van der Waals surface area (Å²) in [6.45, 7) is 0. The molecule has 0 bridgehead atoms. The number of aromatic nitrogens is 3. The molecule has 2 rings (SSSR count). The Morgan fingerprint density at radius 1 is 1.24 bits per heavy atom. The Labute approximate surface area is 94.0 Å². The highest BCUT2D eigenvalue weighted by molar-refractivity contribution is 5.31. The van der Waals surface area contributed by atoms with Gasteiger partial charge in [0.1, 0.15) is 11.9 Å². The van der Waals surface area contributed by atoms with Gasteiger partial charge in [-0.1, -0.05) is 0 Å². The van der Waals surface area contributed by atoms with Crippen molar-refractivity contribution in [3.8, 4) is 11.9 Å². The van der Waals surface area contributed by atoms with Crippen molar-refractivity contribution in [1.82, 2.24) is 14.5 Å². The smallest absolute Gasteiger partial charge is 0.275 e. The Kier molecular flexibility index (Phi) is 2.55. The first-order chi connectivity index (χ1) is 8.02. The second kappa shape index (κ2) is 3.90. The molecule has 0 unspecified atom stereocenters. The van der Waals surface area contributed by atoms with Crippen LogP contribution in [-0.4, -0.2) is 14.5 Å². The molecule has 0 aliphatic carbocycles. The average molecular weight is 238 g/mol. The lowest BCUT2D eigenvalue weighted by molar-refractivity contribution is -0.137.